The van der Waals surface area contributed by atoms with Crippen LogP contribution in [0.15, 0.2) is 60.7 Å². The molecule has 0 aromatic heterocycles. The van der Waals surface area contributed by atoms with Crippen molar-refractivity contribution in [2.24, 2.45) is 0 Å². The van der Waals surface area contributed by atoms with Crippen LogP contribution in [0.25, 0.3) is 11.1 Å². The summed E-state index contributed by atoms with van der Waals surface area (Å²) in [5.41, 5.74) is 2.36. The summed E-state index contributed by atoms with van der Waals surface area (Å²) in [5, 5.41) is 0.593. The standard InChI is InChI=1S/C24H18ClFO3/c25-19-4-2-1-3-18(19)15-5-7-20(26)16(11-15)12-23(27)24(9-10-24)17-6-8-21-22(13-17)29-14-28-21/h1-8,11,13H,9-10,12,14H2. The third kappa shape index (κ3) is 3.18. The van der Waals surface area contributed by atoms with Gasteiger partial charge in [-0.2, -0.15) is 0 Å². The van der Waals surface area contributed by atoms with Crippen molar-refractivity contribution in [3.63, 3.8) is 0 Å². The van der Waals surface area contributed by atoms with Gasteiger partial charge in [0.25, 0.3) is 0 Å². The fourth-order valence-corrected chi connectivity index (χ4v) is 4.21. The summed E-state index contributed by atoms with van der Waals surface area (Å²) >= 11 is 6.28. The second-order valence-corrected chi connectivity index (χ2v) is 7.94. The molecule has 1 heterocycles. The van der Waals surface area contributed by atoms with Crippen LogP contribution in [0.3, 0.4) is 0 Å². The van der Waals surface area contributed by atoms with Crippen LogP contribution in [0.1, 0.15) is 24.0 Å². The van der Waals surface area contributed by atoms with E-state index in [1.54, 1.807) is 18.2 Å². The fraction of sp³-hybridized carbons (Fsp3) is 0.208. The molecule has 0 unspecified atom stereocenters. The lowest BCUT2D eigenvalue weighted by Gasteiger charge is -2.16. The maximum Gasteiger partial charge on any atom is 0.231 e. The summed E-state index contributed by atoms with van der Waals surface area (Å²) in [7, 11) is 0. The lowest BCUT2D eigenvalue weighted by Crippen LogP contribution is -2.23. The molecule has 3 nitrogen and oxygen atoms in total. The molecule has 2 aliphatic rings. The largest absolute Gasteiger partial charge is 0.454 e. The Hall–Kier alpha value is -2.85. The minimum Gasteiger partial charge on any atom is -0.454 e. The lowest BCUT2D eigenvalue weighted by atomic mass is 9.87. The van der Waals surface area contributed by atoms with Gasteiger partial charge in [-0.05, 0) is 59.9 Å². The molecule has 146 valence electrons. The number of benzene rings is 3. The van der Waals surface area contributed by atoms with Gasteiger partial charge in [0.05, 0.1) is 5.41 Å². The van der Waals surface area contributed by atoms with Gasteiger partial charge in [0.1, 0.15) is 11.6 Å². The minimum absolute atomic E-state index is 0.0200. The van der Waals surface area contributed by atoms with E-state index < -0.39 is 5.41 Å². The van der Waals surface area contributed by atoms with Crippen molar-refractivity contribution in [3.05, 3.63) is 82.6 Å². The van der Waals surface area contributed by atoms with Crippen LogP contribution in [0.5, 0.6) is 11.5 Å². The first-order valence-electron chi connectivity index (χ1n) is 9.54. The van der Waals surface area contributed by atoms with Gasteiger partial charge in [0, 0.05) is 17.0 Å². The quantitative estimate of drug-likeness (QED) is 0.541. The Labute approximate surface area is 173 Å². The minimum atomic E-state index is -0.562. The first-order chi connectivity index (χ1) is 14.1. The van der Waals surface area contributed by atoms with Crippen LogP contribution < -0.4 is 9.47 Å². The molecule has 3 aromatic carbocycles. The summed E-state index contributed by atoms with van der Waals surface area (Å²) in [6.07, 6.45) is 1.56. The number of Topliss-reactive ketones (excluding diaryl/α,β-unsaturated/α-hetero) is 1. The Balaban J connectivity index is 1.44. The highest BCUT2D eigenvalue weighted by Crippen LogP contribution is 2.51. The molecule has 3 aromatic rings. The summed E-state index contributed by atoms with van der Waals surface area (Å²) < 4.78 is 25.3. The van der Waals surface area contributed by atoms with Crippen LogP contribution in [0.2, 0.25) is 5.02 Å². The fourth-order valence-electron chi connectivity index (χ4n) is 3.96. The van der Waals surface area contributed by atoms with Crippen molar-refractivity contribution in [2.75, 3.05) is 6.79 Å². The van der Waals surface area contributed by atoms with Crippen molar-refractivity contribution in [1.82, 2.24) is 0 Å². The molecule has 1 fully saturated rings. The Bertz CT molecular complexity index is 1120. The van der Waals surface area contributed by atoms with E-state index in [0.29, 0.717) is 22.1 Å². The zero-order valence-corrected chi connectivity index (χ0v) is 16.3. The zero-order valence-electron chi connectivity index (χ0n) is 15.6. The average Bonchev–Trinajstić information content (AvgIpc) is 3.41. The van der Waals surface area contributed by atoms with E-state index in [4.69, 9.17) is 21.1 Å². The topological polar surface area (TPSA) is 35.5 Å². The van der Waals surface area contributed by atoms with Crippen molar-refractivity contribution >= 4 is 17.4 Å². The van der Waals surface area contributed by atoms with E-state index in [2.05, 4.69) is 0 Å². The summed E-state index contributed by atoms with van der Waals surface area (Å²) in [6, 6.07) is 17.9. The highest BCUT2D eigenvalue weighted by atomic mass is 35.5. The number of carbonyl (C=O) groups excluding carboxylic acids is 1. The number of hydrogen-bond acceptors (Lipinski definition) is 3. The van der Waals surface area contributed by atoms with E-state index in [-0.39, 0.29) is 24.8 Å². The Morgan fingerprint density at radius 1 is 1.00 bits per heavy atom. The number of carbonyl (C=O) groups is 1. The SMILES string of the molecule is O=C(Cc1cc(-c2ccccc2Cl)ccc1F)C1(c2ccc3c(c2)OCO3)CC1. The zero-order chi connectivity index (χ0) is 20.0. The van der Waals surface area contributed by atoms with Gasteiger partial charge in [-0.15, -0.1) is 0 Å². The molecule has 0 bridgehead atoms. The van der Waals surface area contributed by atoms with Crippen molar-refractivity contribution in [3.8, 4) is 22.6 Å². The molecular weight excluding hydrogens is 391 g/mol. The molecule has 1 aliphatic carbocycles. The third-order valence-electron chi connectivity index (χ3n) is 5.79. The van der Waals surface area contributed by atoms with Crippen LogP contribution >= 0.6 is 11.6 Å². The van der Waals surface area contributed by atoms with E-state index in [1.807, 2.05) is 36.4 Å². The van der Waals surface area contributed by atoms with Gasteiger partial charge in [0.2, 0.25) is 6.79 Å². The smallest absolute Gasteiger partial charge is 0.231 e. The van der Waals surface area contributed by atoms with Crippen LogP contribution in [0, 0.1) is 5.82 Å². The van der Waals surface area contributed by atoms with Crippen molar-refractivity contribution < 1.29 is 18.7 Å². The number of halogens is 2. The van der Waals surface area contributed by atoms with E-state index in [1.165, 1.54) is 6.07 Å². The Morgan fingerprint density at radius 2 is 1.79 bits per heavy atom. The molecule has 1 aliphatic heterocycles. The second kappa shape index (κ2) is 6.89. The van der Waals surface area contributed by atoms with Gasteiger partial charge in [0.15, 0.2) is 11.5 Å². The Morgan fingerprint density at radius 3 is 2.59 bits per heavy atom. The highest BCUT2D eigenvalue weighted by molar-refractivity contribution is 6.33. The molecular formula is C24H18ClFO3. The predicted molar refractivity (Wildman–Crippen MR) is 109 cm³/mol. The number of ether oxygens (including phenoxy) is 2. The van der Waals surface area contributed by atoms with Gasteiger partial charge >= 0.3 is 0 Å². The van der Waals surface area contributed by atoms with Crippen LogP contribution in [-0.2, 0) is 16.6 Å². The average molecular weight is 409 g/mol. The predicted octanol–water partition coefficient (Wildman–Crippen LogP) is 5.72. The number of fused-ring (bicyclic) bond motifs is 1. The van der Waals surface area contributed by atoms with Gasteiger partial charge < -0.3 is 9.47 Å². The van der Waals surface area contributed by atoms with Gasteiger partial charge in [-0.25, -0.2) is 4.39 Å². The van der Waals surface area contributed by atoms with Crippen molar-refractivity contribution in [2.45, 2.75) is 24.7 Å². The van der Waals surface area contributed by atoms with Crippen LogP contribution in [0.4, 0.5) is 4.39 Å². The molecule has 0 saturated heterocycles. The maximum atomic E-state index is 14.5. The molecule has 0 spiro atoms. The maximum absolute atomic E-state index is 14.5. The van der Waals surface area contributed by atoms with Crippen molar-refractivity contribution in [1.29, 1.82) is 0 Å². The van der Waals surface area contributed by atoms with Gasteiger partial charge in [-0.3, -0.25) is 4.79 Å². The third-order valence-corrected chi connectivity index (χ3v) is 6.12. The molecule has 0 N–H and O–H groups in total. The normalized spacial score (nSPS) is 15.9. The van der Waals surface area contributed by atoms with E-state index >= 15 is 0 Å². The lowest BCUT2D eigenvalue weighted by molar-refractivity contribution is -0.120. The molecule has 5 rings (SSSR count). The van der Waals surface area contributed by atoms with Gasteiger partial charge in [-0.1, -0.05) is 41.9 Å². The van der Waals surface area contributed by atoms with E-state index in [9.17, 15) is 9.18 Å². The highest BCUT2D eigenvalue weighted by Gasteiger charge is 2.51. The van der Waals surface area contributed by atoms with Crippen LogP contribution in [-0.4, -0.2) is 12.6 Å². The number of hydrogen-bond donors (Lipinski definition) is 0. The Kier molecular flexibility index (Phi) is 4.32. The molecule has 1 saturated carbocycles. The summed E-state index contributed by atoms with van der Waals surface area (Å²) in [5.74, 6) is 0.992. The first kappa shape index (κ1) is 18.2. The summed E-state index contributed by atoms with van der Waals surface area (Å²) in [4.78, 5) is 13.2. The first-order valence-corrected chi connectivity index (χ1v) is 9.91. The molecule has 0 atom stereocenters. The molecule has 0 amide bonds. The van der Waals surface area contributed by atoms with E-state index in [0.717, 1.165) is 29.5 Å². The molecule has 29 heavy (non-hydrogen) atoms. The second-order valence-electron chi connectivity index (χ2n) is 7.54. The number of rotatable bonds is 5. The number of ketones is 1. The monoisotopic (exact) mass is 408 g/mol. The molecule has 0 radical (unpaired) electrons. The molecule has 5 heteroatoms. The summed E-state index contributed by atoms with van der Waals surface area (Å²) in [6.45, 7) is 0.194.